The molecule has 1 aromatic rings. The summed E-state index contributed by atoms with van der Waals surface area (Å²) in [5.74, 6) is -2.01. The zero-order valence-electron chi connectivity index (χ0n) is 13.6. The van der Waals surface area contributed by atoms with Crippen LogP contribution >= 0.6 is 0 Å². The average molecular weight is 360 g/mol. The summed E-state index contributed by atoms with van der Waals surface area (Å²) >= 11 is 0. The minimum Gasteiger partial charge on any atom is -0.495 e. The van der Waals surface area contributed by atoms with Gasteiger partial charge in [-0.25, -0.2) is 13.1 Å². The van der Waals surface area contributed by atoms with Gasteiger partial charge in [-0.05, 0) is 18.4 Å². The van der Waals surface area contributed by atoms with Crippen LogP contribution in [0.2, 0.25) is 0 Å². The van der Waals surface area contributed by atoms with Crippen LogP contribution in [-0.2, 0) is 14.8 Å². The van der Waals surface area contributed by atoms with E-state index in [1.807, 2.05) is 13.8 Å². The molecule has 0 fully saturated rings. The third-order valence-electron chi connectivity index (χ3n) is 3.27. The molecule has 1 aromatic carbocycles. The lowest BCUT2D eigenvalue weighted by molar-refractivity contribution is -0.385. The number of carbonyl (C=O) groups is 1. The minimum atomic E-state index is -4.17. The number of sulfonamides is 1. The Balaban J connectivity index is 3.09. The zero-order chi connectivity index (χ0) is 18.5. The number of hydrogen-bond donors (Lipinski definition) is 2. The van der Waals surface area contributed by atoms with Crippen molar-refractivity contribution in [2.75, 3.05) is 13.7 Å². The lowest BCUT2D eigenvalue weighted by Gasteiger charge is -2.16. The lowest BCUT2D eigenvalue weighted by Crippen LogP contribution is -2.33. The van der Waals surface area contributed by atoms with Crippen molar-refractivity contribution >= 4 is 21.7 Å². The van der Waals surface area contributed by atoms with Gasteiger partial charge in [0.25, 0.3) is 5.69 Å². The highest BCUT2D eigenvalue weighted by atomic mass is 32.2. The molecule has 2 N–H and O–H groups in total. The van der Waals surface area contributed by atoms with Crippen LogP contribution in [0.25, 0.3) is 0 Å². The number of nitrogens with zero attached hydrogens (tertiary/aromatic N) is 1. The van der Waals surface area contributed by atoms with Crippen molar-refractivity contribution < 1.29 is 28.0 Å². The smallest absolute Gasteiger partial charge is 0.307 e. The molecular formula is C14H20N2O7S. The predicted molar refractivity (Wildman–Crippen MR) is 85.4 cm³/mol. The molecule has 0 aliphatic carbocycles. The summed E-state index contributed by atoms with van der Waals surface area (Å²) in [6.45, 7) is 3.34. The molecule has 0 saturated carbocycles. The van der Waals surface area contributed by atoms with Gasteiger partial charge in [0.2, 0.25) is 10.0 Å². The van der Waals surface area contributed by atoms with Crippen LogP contribution in [-0.4, -0.2) is 38.1 Å². The summed E-state index contributed by atoms with van der Waals surface area (Å²) in [4.78, 5) is 20.9. The second kappa shape index (κ2) is 8.06. The Hall–Kier alpha value is -2.20. The van der Waals surface area contributed by atoms with Crippen LogP contribution in [0.3, 0.4) is 0 Å². The molecule has 1 atom stereocenters. The summed E-state index contributed by atoms with van der Waals surface area (Å²) in [6, 6.07) is 3.17. The number of rotatable bonds is 9. The molecule has 0 spiro atoms. The first-order valence-electron chi connectivity index (χ1n) is 7.13. The summed E-state index contributed by atoms with van der Waals surface area (Å²) in [7, 11) is -2.93. The van der Waals surface area contributed by atoms with Crippen molar-refractivity contribution in [2.24, 2.45) is 11.8 Å². The first-order chi connectivity index (χ1) is 11.1. The highest BCUT2D eigenvalue weighted by Gasteiger charge is 2.26. The predicted octanol–water partition coefficient (Wildman–Crippen LogP) is 1.63. The van der Waals surface area contributed by atoms with Gasteiger partial charge in [-0.1, -0.05) is 13.8 Å². The zero-order valence-corrected chi connectivity index (χ0v) is 14.4. The summed E-state index contributed by atoms with van der Waals surface area (Å²) in [5, 5.41) is 20.0. The van der Waals surface area contributed by atoms with Gasteiger partial charge >= 0.3 is 5.97 Å². The van der Waals surface area contributed by atoms with Crippen molar-refractivity contribution in [3.8, 4) is 5.75 Å². The number of non-ortho nitro benzene ring substituents is 1. The van der Waals surface area contributed by atoms with E-state index < -0.39 is 37.4 Å². The molecule has 0 aromatic heterocycles. The Bertz CT molecular complexity index is 716. The van der Waals surface area contributed by atoms with Gasteiger partial charge in [0.1, 0.15) is 10.6 Å². The average Bonchev–Trinajstić information content (AvgIpc) is 2.50. The number of hydrogen-bond acceptors (Lipinski definition) is 6. The number of carboxylic acids is 1. The Kier molecular flexibility index (Phi) is 6.67. The van der Waals surface area contributed by atoms with Gasteiger partial charge in [-0.15, -0.1) is 0 Å². The molecule has 0 heterocycles. The molecule has 0 amide bonds. The maximum atomic E-state index is 12.4. The van der Waals surface area contributed by atoms with Crippen molar-refractivity contribution in [2.45, 2.75) is 25.2 Å². The monoisotopic (exact) mass is 360 g/mol. The fourth-order valence-electron chi connectivity index (χ4n) is 2.12. The fraction of sp³-hybridized carbons (Fsp3) is 0.500. The topological polar surface area (TPSA) is 136 Å². The second-order valence-electron chi connectivity index (χ2n) is 5.61. The second-order valence-corrected chi connectivity index (χ2v) is 7.34. The number of benzene rings is 1. The number of aliphatic carboxylic acids is 1. The summed E-state index contributed by atoms with van der Waals surface area (Å²) in [6.07, 6.45) is 0.296. The van der Waals surface area contributed by atoms with E-state index >= 15 is 0 Å². The Morgan fingerprint density at radius 2 is 2.04 bits per heavy atom. The molecule has 0 saturated heterocycles. The van der Waals surface area contributed by atoms with Crippen molar-refractivity contribution in [1.82, 2.24) is 4.72 Å². The van der Waals surface area contributed by atoms with Gasteiger partial charge in [0.15, 0.2) is 0 Å². The fourth-order valence-corrected chi connectivity index (χ4v) is 3.39. The van der Waals surface area contributed by atoms with Crippen LogP contribution in [0.5, 0.6) is 5.75 Å². The van der Waals surface area contributed by atoms with E-state index in [4.69, 9.17) is 9.84 Å². The normalized spacial score (nSPS) is 12.8. The lowest BCUT2D eigenvalue weighted by atomic mass is 9.98. The van der Waals surface area contributed by atoms with Gasteiger partial charge in [-0.3, -0.25) is 14.9 Å². The molecule has 134 valence electrons. The third-order valence-corrected chi connectivity index (χ3v) is 4.72. The van der Waals surface area contributed by atoms with Gasteiger partial charge < -0.3 is 9.84 Å². The Labute approximate surface area is 139 Å². The van der Waals surface area contributed by atoms with Crippen LogP contribution in [0.4, 0.5) is 5.69 Å². The maximum Gasteiger partial charge on any atom is 0.307 e. The molecule has 1 rings (SSSR count). The summed E-state index contributed by atoms with van der Waals surface area (Å²) in [5.41, 5.74) is -0.409. The molecular weight excluding hydrogens is 340 g/mol. The van der Waals surface area contributed by atoms with E-state index in [-0.39, 0.29) is 18.2 Å². The van der Waals surface area contributed by atoms with E-state index in [0.29, 0.717) is 6.42 Å². The molecule has 0 aliphatic rings. The Morgan fingerprint density at radius 1 is 1.42 bits per heavy atom. The summed E-state index contributed by atoms with van der Waals surface area (Å²) < 4.78 is 31.9. The van der Waals surface area contributed by atoms with E-state index in [1.54, 1.807) is 0 Å². The maximum absolute atomic E-state index is 12.4. The van der Waals surface area contributed by atoms with Gasteiger partial charge in [-0.2, -0.15) is 0 Å². The van der Waals surface area contributed by atoms with E-state index in [0.717, 1.165) is 12.1 Å². The largest absolute Gasteiger partial charge is 0.495 e. The highest BCUT2D eigenvalue weighted by molar-refractivity contribution is 7.89. The number of methoxy groups -OCH3 is 1. The minimum absolute atomic E-state index is 0.0659. The molecule has 1 unspecified atom stereocenters. The van der Waals surface area contributed by atoms with Crippen molar-refractivity contribution in [1.29, 1.82) is 0 Å². The third kappa shape index (κ3) is 5.17. The van der Waals surface area contributed by atoms with E-state index in [9.17, 15) is 23.3 Å². The highest BCUT2D eigenvalue weighted by Crippen LogP contribution is 2.28. The van der Waals surface area contributed by atoms with Gasteiger partial charge in [0, 0.05) is 18.7 Å². The molecule has 9 nitrogen and oxygen atoms in total. The van der Waals surface area contributed by atoms with Crippen molar-refractivity contribution in [3.05, 3.63) is 28.3 Å². The molecule has 0 bridgehead atoms. The number of carboxylic acid groups (broad SMARTS) is 1. The Morgan fingerprint density at radius 3 is 2.50 bits per heavy atom. The molecule has 0 radical (unpaired) electrons. The van der Waals surface area contributed by atoms with Crippen LogP contribution in [0.15, 0.2) is 23.1 Å². The quantitative estimate of drug-likeness (QED) is 0.504. The molecule has 0 aliphatic heterocycles. The number of nitro groups is 1. The molecule has 10 heteroatoms. The van der Waals surface area contributed by atoms with Crippen molar-refractivity contribution in [3.63, 3.8) is 0 Å². The van der Waals surface area contributed by atoms with E-state index in [1.165, 1.54) is 13.2 Å². The first kappa shape index (κ1) is 19.8. The number of nitro benzene ring substituents is 1. The van der Waals surface area contributed by atoms with Crippen LogP contribution in [0, 0.1) is 22.0 Å². The van der Waals surface area contributed by atoms with E-state index in [2.05, 4.69) is 4.72 Å². The molecule has 24 heavy (non-hydrogen) atoms. The van der Waals surface area contributed by atoms with Gasteiger partial charge in [0.05, 0.1) is 18.0 Å². The number of ether oxygens (including phenoxy) is 1. The standard InChI is InChI=1S/C14H20N2O7S/c1-9(2)6-10(14(17)18)8-15-24(21,22)13-7-11(16(19)20)4-5-12(13)23-3/h4-5,7,9-10,15H,6,8H2,1-3H3,(H,17,18). The van der Waals surface area contributed by atoms with Crippen LogP contribution in [0.1, 0.15) is 20.3 Å². The first-order valence-corrected chi connectivity index (χ1v) is 8.61. The SMILES string of the molecule is COc1ccc([N+](=O)[O-])cc1S(=O)(=O)NCC(CC(C)C)C(=O)O. The van der Waals surface area contributed by atoms with Crippen LogP contribution < -0.4 is 9.46 Å². The number of nitrogens with one attached hydrogen (secondary N) is 1.